The number of rotatable bonds is 4. The number of aromatic nitrogens is 2. The van der Waals surface area contributed by atoms with E-state index >= 15 is 0 Å². The zero-order valence-electron chi connectivity index (χ0n) is 12.4. The van der Waals surface area contributed by atoms with Gasteiger partial charge in [-0.1, -0.05) is 13.0 Å². The van der Waals surface area contributed by atoms with Gasteiger partial charge in [-0.15, -0.1) is 11.3 Å². The third-order valence-corrected chi connectivity index (χ3v) is 4.33. The van der Waals surface area contributed by atoms with Crippen LogP contribution < -0.4 is 5.56 Å². The van der Waals surface area contributed by atoms with Crippen LogP contribution in [-0.4, -0.2) is 20.5 Å². The summed E-state index contributed by atoms with van der Waals surface area (Å²) in [5, 5.41) is 11.0. The Kier molecular flexibility index (Phi) is 4.08. The molecule has 1 N–H and O–H groups in total. The van der Waals surface area contributed by atoms with Crippen molar-refractivity contribution in [3.8, 4) is 0 Å². The second-order valence-corrected chi connectivity index (χ2v) is 5.91. The van der Waals surface area contributed by atoms with Gasteiger partial charge in [-0.3, -0.25) is 9.20 Å². The van der Waals surface area contributed by atoms with Crippen molar-refractivity contribution in [2.75, 3.05) is 0 Å². The molecule has 0 spiro atoms. The van der Waals surface area contributed by atoms with Crippen LogP contribution in [0.15, 0.2) is 40.6 Å². The van der Waals surface area contributed by atoms with Crippen molar-refractivity contribution in [2.45, 2.75) is 13.3 Å². The Morgan fingerprint density at radius 2 is 2.17 bits per heavy atom. The second-order valence-electron chi connectivity index (χ2n) is 4.93. The van der Waals surface area contributed by atoms with E-state index in [1.54, 1.807) is 17.4 Å². The number of aromatic carboxylic acids is 1. The fourth-order valence-electron chi connectivity index (χ4n) is 2.34. The van der Waals surface area contributed by atoms with Crippen LogP contribution in [0.4, 0.5) is 0 Å². The number of nitrogens with zero attached hydrogens (tertiary/aromatic N) is 2. The lowest BCUT2D eigenvalue weighted by Crippen LogP contribution is -2.21. The van der Waals surface area contributed by atoms with Crippen molar-refractivity contribution in [3.05, 3.63) is 67.9 Å². The summed E-state index contributed by atoms with van der Waals surface area (Å²) in [7, 11) is 0. The molecule has 0 aliphatic rings. The van der Waals surface area contributed by atoms with E-state index in [9.17, 15) is 9.59 Å². The molecule has 0 unspecified atom stereocenters. The van der Waals surface area contributed by atoms with Gasteiger partial charge in [-0.25, -0.2) is 9.78 Å². The van der Waals surface area contributed by atoms with E-state index < -0.39 is 5.97 Å². The average molecular weight is 326 g/mol. The minimum atomic E-state index is -1.07. The van der Waals surface area contributed by atoms with E-state index in [1.807, 2.05) is 36.6 Å². The van der Waals surface area contributed by atoms with Gasteiger partial charge in [0.05, 0.1) is 11.3 Å². The van der Waals surface area contributed by atoms with Crippen LogP contribution in [0.5, 0.6) is 0 Å². The Labute approximate surface area is 136 Å². The molecular weight excluding hydrogens is 312 g/mol. The first kappa shape index (κ1) is 15.2. The average Bonchev–Trinajstić information content (AvgIpc) is 3.06. The minimum absolute atomic E-state index is 0.0605. The molecule has 0 fully saturated rings. The molecule has 116 valence electrons. The molecule has 0 amide bonds. The monoisotopic (exact) mass is 326 g/mol. The van der Waals surface area contributed by atoms with Gasteiger partial charge < -0.3 is 5.11 Å². The van der Waals surface area contributed by atoms with Gasteiger partial charge in [-0.2, -0.15) is 0 Å². The molecule has 5 nitrogen and oxygen atoms in total. The summed E-state index contributed by atoms with van der Waals surface area (Å²) in [6.07, 6.45) is 5.60. The van der Waals surface area contributed by atoms with Gasteiger partial charge in [0, 0.05) is 16.6 Å². The van der Waals surface area contributed by atoms with Crippen LogP contribution in [0.1, 0.15) is 33.4 Å². The maximum atomic E-state index is 12.6. The molecule has 0 aliphatic carbocycles. The molecule has 0 radical (unpaired) electrons. The van der Waals surface area contributed by atoms with E-state index in [0.29, 0.717) is 23.3 Å². The third kappa shape index (κ3) is 2.93. The molecule has 0 atom stereocenters. The SMILES string of the molecule is CCc1c(/C=C/c2cccs2)nc2ccc(C(=O)O)cn2c1=O. The number of pyridine rings is 1. The van der Waals surface area contributed by atoms with Crippen molar-refractivity contribution >= 4 is 35.1 Å². The third-order valence-electron chi connectivity index (χ3n) is 3.50. The summed E-state index contributed by atoms with van der Waals surface area (Å²) in [4.78, 5) is 29.3. The number of hydrogen-bond donors (Lipinski definition) is 1. The Morgan fingerprint density at radius 3 is 2.83 bits per heavy atom. The first-order valence-electron chi connectivity index (χ1n) is 7.10. The van der Waals surface area contributed by atoms with E-state index in [-0.39, 0.29) is 11.1 Å². The van der Waals surface area contributed by atoms with Crippen molar-refractivity contribution in [1.29, 1.82) is 0 Å². The smallest absolute Gasteiger partial charge is 0.337 e. The largest absolute Gasteiger partial charge is 0.478 e. The van der Waals surface area contributed by atoms with Crippen molar-refractivity contribution < 1.29 is 9.90 Å². The standard InChI is InChI=1S/C17H14N2O3S/c1-2-13-14(7-6-12-4-3-9-23-12)18-15-8-5-11(17(21)22)10-19(15)16(13)20/h3-10H,2H2,1H3,(H,21,22)/b7-6+. The van der Waals surface area contributed by atoms with Crippen LogP contribution >= 0.6 is 11.3 Å². The van der Waals surface area contributed by atoms with E-state index in [4.69, 9.17) is 5.11 Å². The summed E-state index contributed by atoms with van der Waals surface area (Å²) >= 11 is 1.61. The quantitative estimate of drug-likeness (QED) is 0.799. The first-order valence-corrected chi connectivity index (χ1v) is 7.98. The summed E-state index contributed by atoms with van der Waals surface area (Å²) in [5.41, 5.74) is 1.45. The second kappa shape index (κ2) is 6.18. The topological polar surface area (TPSA) is 71.7 Å². The molecule has 3 aromatic rings. The van der Waals surface area contributed by atoms with Crippen LogP contribution in [0.25, 0.3) is 17.8 Å². The fraction of sp³-hybridized carbons (Fsp3) is 0.118. The number of carboxylic acid groups (broad SMARTS) is 1. The minimum Gasteiger partial charge on any atom is -0.478 e. The van der Waals surface area contributed by atoms with Crippen molar-refractivity contribution in [2.24, 2.45) is 0 Å². The molecule has 0 bridgehead atoms. The highest BCUT2D eigenvalue weighted by Crippen LogP contribution is 2.15. The molecule has 0 saturated carbocycles. The van der Waals surface area contributed by atoms with Gasteiger partial charge in [-0.05, 0) is 42.2 Å². The molecule has 23 heavy (non-hydrogen) atoms. The van der Waals surface area contributed by atoms with Gasteiger partial charge >= 0.3 is 5.97 Å². The van der Waals surface area contributed by atoms with E-state index in [1.165, 1.54) is 16.7 Å². The number of thiophene rings is 1. The molecular formula is C17H14N2O3S. The number of hydrogen-bond acceptors (Lipinski definition) is 4. The maximum absolute atomic E-state index is 12.6. The Hall–Kier alpha value is -2.73. The van der Waals surface area contributed by atoms with Crippen LogP contribution in [-0.2, 0) is 6.42 Å². The lowest BCUT2D eigenvalue weighted by molar-refractivity contribution is 0.0696. The number of fused-ring (bicyclic) bond motifs is 1. The highest BCUT2D eigenvalue weighted by atomic mass is 32.1. The predicted molar refractivity (Wildman–Crippen MR) is 91.0 cm³/mol. The van der Waals surface area contributed by atoms with Crippen LogP contribution in [0, 0.1) is 0 Å². The highest BCUT2D eigenvalue weighted by Gasteiger charge is 2.11. The normalized spacial score (nSPS) is 11.3. The molecule has 6 heteroatoms. The predicted octanol–water partition coefficient (Wildman–Crippen LogP) is 3.19. The summed E-state index contributed by atoms with van der Waals surface area (Å²) < 4.78 is 1.30. The first-order chi connectivity index (χ1) is 11.1. The summed E-state index contributed by atoms with van der Waals surface area (Å²) in [5.74, 6) is -1.07. The molecule has 3 rings (SSSR count). The van der Waals surface area contributed by atoms with Crippen molar-refractivity contribution in [1.82, 2.24) is 9.38 Å². The molecule has 3 heterocycles. The van der Waals surface area contributed by atoms with Crippen LogP contribution in [0.3, 0.4) is 0 Å². The van der Waals surface area contributed by atoms with Crippen LogP contribution in [0.2, 0.25) is 0 Å². The Balaban J connectivity index is 2.17. The zero-order chi connectivity index (χ0) is 16.4. The summed E-state index contributed by atoms with van der Waals surface area (Å²) in [6.45, 7) is 1.88. The lowest BCUT2D eigenvalue weighted by Gasteiger charge is -2.07. The Morgan fingerprint density at radius 1 is 1.35 bits per heavy atom. The fourth-order valence-corrected chi connectivity index (χ4v) is 2.95. The maximum Gasteiger partial charge on any atom is 0.337 e. The van der Waals surface area contributed by atoms with Gasteiger partial charge in [0.2, 0.25) is 0 Å². The number of carbonyl (C=O) groups is 1. The molecule has 0 saturated heterocycles. The van der Waals surface area contributed by atoms with Crippen molar-refractivity contribution in [3.63, 3.8) is 0 Å². The Bertz CT molecular complexity index is 956. The zero-order valence-corrected chi connectivity index (χ0v) is 13.2. The molecule has 0 aromatic carbocycles. The van der Waals surface area contributed by atoms with E-state index in [2.05, 4.69) is 4.98 Å². The highest BCUT2D eigenvalue weighted by molar-refractivity contribution is 7.10. The lowest BCUT2D eigenvalue weighted by atomic mass is 10.1. The van der Waals surface area contributed by atoms with Gasteiger partial charge in [0.15, 0.2) is 0 Å². The molecule has 0 aliphatic heterocycles. The number of carboxylic acids is 1. The van der Waals surface area contributed by atoms with E-state index in [0.717, 1.165) is 4.88 Å². The van der Waals surface area contributed by atoms with Gasteiger partial charge in [0.1, 0.15) is 5.65 Å². The molecule has 3 aromatic heterocycles. The summed E-state index contributed by atoms with van der Waals surface area (Å²) in [6, 6.07) is 6.94. The van der Waals surface area contributed by atoms with Gasteiger partial charge in [0.25, 0.3) is 5.56 Å².